The predicted molar refractivity (Wildman–Crippen MR) is 42.9 cm³/mol. The highest BCUT2D eigenvalue weighted by atomic mass is 16.3. The van der Waals surface area contributed by atoms with Crippen molar-refractivity contribution in [2.45, 2.75) is 6.92 Å². The van der Waals surface area contributed by atoms with Crippen LogP contribution in [0.1, 0.15) is 6.92 Å². The van der Waals surface area contributed by atoms with Gasteiger partial charge in [0.05, 0.1) is 5.76 Å². The van der Waals surface area contributed by atoms with Gasteiger partial charge in [0.2, 0.25) is 0 Å². The lowest BCUT2D eigenvalue weighted by atomic mass is 10.2. The summed E-state index contributed by atoms with van der Waals surface area (Å²) in [5, 5.41) is 10.8. The monoisotopic (exact) mass is 134 g/mol. The second-order valence-corrected chi connectivity index (χ2v) is 2.24. The highest BCUT2D eigenvalue weighted by Crippen LogP contribution is 1.77. The van der Waals surface area contributed by atoms with E-state index in [4.69, 9.17) is 5.11 Å². The summed E-state index contributed by atoms with van der Waals surface area (Å²) in [7, 11) is 0. The van der Waals surface area contributed by atoms with Crippen LogP contribution in [0, 0.1) is 0 Å². The van der Waals surface area contributed by atoms with Crippen molar-refractivity contribution in [3.05, 3.63) is 34.7 Å². The minimum atomic E-state index is 0.325. The third-order valence-electron chi connectivity index (χ3n) is 1.41. The molecule has 0 amide bonds. The molecule has 0 bridgehead atoms. The van der Waals surface area contributed by atoms with Crippen LogP contribution in [-0.4, -0.2) is 5.11 Å². The van der Waals surface area contributed by atoms with E-state index in [0.717, 1.165) is 10.4 Å². The van der Waals surface area contributed by atoms with Crippen molar-refractivity contribution < 1.29 is 5.11 Å². The second-order valence-electron chi connectivity index (χ2n) is 2.24. The van der Waals surface area contributed by atoms with Crippen molar-refractivity contribution in [1.82, 2.24) is 0 Å². The fourth-order valence-electron chi connectivity index (χ4n) is 0.873. The Morgan fingerprint density at radius 3 is 2.40 bits per heavy atom. The van der Waals surface area contributed by atoms with Crippen LogP contribution in [0.5, 0.6) is 0 Å². The summed E-state index contributed by atoms with van der Waals surface area (Å²) in [6, 6.07) is 7.49. The standard InChI is InChI=1S/C9H10O/c1-7-5-3-4-6-9(7)8(2)10/h3-6,10H,1H2,2H3/b9-8+. The molecule has 0 unspecified atom stereocenters. The van der Waals surface area contributed by atoms with Crippen LogP contribution in [0.15, 0.2) is 24.3 Å². The molecule has 0 spiro atoms. The first-order valence-corrected chi connectivity index (χ1v) is 3.15. The zero-order valence-electron chi connectivity index (χ0n) is 5.96. The van der Waals surface area contributed by atoms with Crippen LogP contribution in [0.3, 0.4) is 0 Å². The molecule has 1 nitrogen and oxygen atoms in total. The molecule has 0 saturated heterocycles. The van der Waals surface area contributed by atoms with Crippen molar-refractivity contribution in [2.75, 3.05) is 0 Å². The van der Waals surface area contributed by atoms with Gasteiger partial charge in [0.25, 0.3) is 0 Å². The van der Waals surface area contributed by atoms with E-state index in [9.17, 15) is 0 Å². The van der Waals surface area contributed by atoms with Gasteiger partial charge in [0, 0.05) is 5.22 Å². The summed E-state index contributed by atoms with van der Waals surface area (Å²) < 4.78 is 0. The largest absolute Gasteiger partial charge is 0.512 e. The average molecular weight is 134 g/mol. The van der Waals surface area contributed by atoms with Gasteiger partial charge in [-0.1, -0.05) is 30.8 Å². The van der Waals surface area contributed by atoms with E-state index in [-0.39, 0.29) is 0 Å². The Bertz CT molecular complexity index is 321. The van der Waals surface area contributed by atoms with Crippen molar-refractivity contribution >= 4 is 12.3 Å². The Morgan fingerprint density at radius 2 is 2.00 bits per heavy atom. The van der Waals surface area contributed by atoms with Crippen LogP contribution < -0.4 is 10.4 Å². The normalized spacial score (nSPS) is 12.9. The fraction of sp³-hybridized carbons (Fsp3) is 0.111. The molecule has 0 fully saturated rings. The second kappa shape index (κ2) is 2.56. The molecule has 1 heteroatoms. The highest BCUT2D eigenvalue weighted by Gasteiger charge is 1.83. The van der Waals surface area contributed by atoms with Gasteiger partial charge in [-0.2, -0.15) is 0 Å². The number of hydrogen-bond donors (Lipinski definition) is 1. The van der Waals surface area contributed by atoms with Crippen molar-refractivity contribution in [3.63, 3.8) is 0 Å². The van der Waals surface area contributed by atoms with E-state index in [1.165, 1.54) is 0 Å². The molecule has 1 aromatic rings. The van der Waals surface area contributed by atoms with E-state index >= 15 is 0 Å². The number of aliphatic hydroxyl groups is 1. The highest BCUT2D eigenvalue weighted by molar-refractivity contribution is 5.32. The molecule has 1 N–H and O–H groups in total. The van der Waals surface area contributed by atoms with E-state index in [1.54, 1.807) is 6.92 Å². The molecule has 52 valence electrons. The first-order chi connectivity index (χ1) is 4.72. The molecule has 1 rings (SSSR count). The van der Waals surface area contributed by atoms with Crippen LogP contribution in [0.25, 0.3) is 12.3 Å². The van der Waals surface area contributed by atoms with Crippen molar-refractivity contribution in [3.8, 4) is 0 Å². The molecule has 0 heterocycles. The minimum absolute atomic E-state index is 0.325. The van der Waals surface area contributed by atoms with Gasteiger partial charge in [0.15, 0.2) is 0 Å². The topological polar surface area (TPSA) is 20.2 Å². The Hall–Kier alpha value is -1.24. The number of rotatable bonds is 0. The van der Waals surface area contributed by atoms with Crippen molar-refractivity contribution in [2.24, 2.45) is 0 Å². The maximum absolute atomic E-state index is 9.08. The van der Waals surface area contributed by atoms with Crippen LogP contribution in [0.2, 0.25) is 0 Å². The molecule has 10 heavy (non-hydrogen) atoms. The third kappa shape index (κ3) is 1.18. The Labute approximate surface area is 59.9 Å². The summed E-state index contributed by atoms with van der Waals surface area (Å²) in [6.45, 7) is 5.42. The SMILES string of the molecule is C=c1cccc/c1=C(/C)O. The average Bonchev–Trinajstić information content (AvgIpc) is 1.88. The van der Waals surface area contributed by atoms with Crippen LogP contribution >= 0.6 is 0 Å². The third-order valence-corrected chi connectivity index (χ3v) is 1.41. The number of benzene rings is 1. The van der Waals surface area contributed by atoms with Gasteiger partial charge in [-0.05, 0) is 12.1 Å². The van der Waals surface area contributed by atoms with Crippen molar-refractivity contribution in [1.29, 1.82) is 0 Å². The van der Waals surface area contributed by atoms with Gasteiger partial charge in [-0.3, -0.25) is 0 Å². The lowest BCUT2D eigenvalue weighted by molar-refractivity contribution is 0.498. The molecule has 0 aliphatic heterocycles. The first-order valence-electron chi connectivity index (χ1n) is 3.15. The minimum Gasteiger partial charge on any atom is -0.512 e. The van der Waals surface area contributed by atoms with Gasteiger partial charge >= 0.3 is 0 Å². The van der Waals surface area contributed by atoms with E-state index in [2.05, 4.69) is 6.58 Å². The van der Waals surface area contributed by atoms with Gasteiger partial charge < -0.3 is 5.11 Å². The molecule has 0 aromatic heterocycles. The molecule has 0 atom stereocenters. The van der Waals surface area contributed by atoms with E-state index < -0.39 is 0 Å². The summed E-state index contributed by atoms with van der Waals surface area (Å²) in [5.41, 5.74) is 0. The van der Waals surface area contributed by atoms with Gasteiger partial charge in [-0.25, -0.2) is 0 Å². The van der Waals surface area contributed by atoms with E-state index in [0.29, 0.717) is 5.76 Å². The molecule has 1 aromatic carbocycles. The molecule has 0 aliphatic carbocycles. The summed E-state index contributed by atoms with van der Waals surface area (Å²) in [4.78, 5) is 0. The number of aliphatic hydroxyl groups excluding tert-OH is 1. The zero-order chi connectivity index (χ0) is 7.56. The Kier molecular flexibility index (Phi) is 1.76. The Balaban J connectivity index is 3.60. The smallest absolute Gasteiger partial charge is 0.0969 e. The Morgan fingerprint density at radius 1 is 1.40 bits per heavy atom. The van der Waals surface area contributed by atoms with Gasteiger partial charge in [-0.15, -0.1) is 0 Å². The van der Waals surface area contributed by atoms with Gasteiger partial charge in [0.1, 0.15) is 0 Å². The lowest BCUT2D eigenvalue weighted by Gasteiger charge is -1.89. The first kappa shape index (κ1) is 6.87. The molecule has 0 radical (unpaired) electrons. The molecule has 0 aliphatic rings. The number of hydrogen-bond acceptors (Lipinski definition) is 1. The summed E-state index contributed by atoms with van der Waals surface area (Å²) >= 11 is 0. The van der Waals surface area contributed by atoms with Crippen LogP contribution in [0.4, 0.5) is 0 Å². The van der Waals surface area contributed by atoms with Crippen LogP contribution in [-0.2, 0) is 0 Å². The summed E-state index contributed by atoms with van der Waals surface area (Å²) in [6.07, 6.45) is 0. The predicted octanol–water partition coefficient (Wildman–Crippen LogP) is 0.783. The maximum atomic E-state index is 9.08. The zero-order valence-corrected chi connectivity index (χ0v) is 5.96. The summed E-state index contributed by atoms with van der Waals surface area (Å²) in [5.74, 6) is 0.325. The fourth-order valence-corrected chi connectivity index (χ4v) is 0.873. The quantitative estimate of drug-likeness (QED) is 0.556. The maximum Gasteiger partial charge on any atom is 0.0969 e. The molecule has 0 saturated carbocycles. The lowest BCUT2D eigenvalue weighted by Crippen LogP contribution is -2.23. The van der Waals surface area contributed by atoms with E-state index in [1.807, 2.05) is 24.3 Å². The molecular formula is C9H10O. The molecular weight excluding hydrogens is 124 g/mol.